The summed E-state index contributed by atoms with van der Waals surface area (Å²) in [7, 11) is 1.59. The number of nitrogens with one attached hydrogen (secondary N) is 1. The normalized spacial score (nSPS) is 13.9. The quantitative estimate of drug-likeness (QED) is 0.0243. The molecular weight excluding hydrogens is 864 g/mol. The van der Waals surface area contributed by atoms with Gasteiger partial charge in [0.2, 0.25) is 5.91 Å². The number of quaternary nitrogens is 1. The zero-order valence-electron chi connectivity index (χ0n) is 46.4. The van der Waals surface area contributed by atoms with Crippen LogP contribution in [0.2, 0.25) is 0 Å². The van der Waals surface area contributed by atoms with E-state index < -0.39 is 20.0 Å². The van der Waals surface area contributed by atoms with Crippen molar-refractivity contribution in [3.63, 3.8) is 0 Å². The molecule has 0 rings (SSSR count). The molecule has 406 valence electrons. The third-order valence-electron chi connectivity index (χ3n) is 14.0. The molecule has 3 N–H and O–H groups in total. The molecule has 0 fully saturated rings. The predicted molar refractivity (Wildman–Crippen MR) is 295 cm³/mol. The lowest BCUT2D eigenvalue weighted by atomic mass is 10.0. The van der Waals surface area contributed by atoms with E-state index in [2.05, 4.69) is 19.2 Å². The molecule has 0 aromatic heterocycles. The second-order valence-corrected chi connectivity index (χ2v) is 23.5. The number of rotatable bonds is 56. The number of aliphatic hydroxyl groups excluding tert-OH is 1. The van der Waals surface area contributed by atoms with Crippen LogP contribution in [0, 0.1) is 0 Å². The van der Waals surface area contributed by atoms with Gasteiger partial charge < -0.3 is 19.8 Å². The van der Waals surface area contributed by atoms with E-state index in [0.29, 0.717) is 17.4 Å². The van der Waals surface area contributed by atoms with E-state index in [0.717, 1.165) is 38.5 Å². The smallest absolute Gasteiger partial charge is 0.387 e. The highest BCUT2D eigenvalue weighted by atomic mass is 31.2. The maximum atomic E-state index is 12.9. The number of likely N-dealkylation sites (N-methyl/N-ethyl adjacent to an activating group) is 1. The number of carbonyl (C=O) groups is 1. The fourth-order valence-corrected chi connectivity index (χ4v) is 10.0. The van der Waals surface area contributed by atoms with Gasteiger partial charge in [0.1, 0.15) is 13.2 Å². The van der Waals surface area contributed by atoms with E-state index in [4.69, 9.17) is 9.05 Å². The van der Waals surface area contributed by atoms with E-state index in [1.807, 2.05) is 27.2 Å². The molecule has 0 bridgehead atoms. The summed E-state index contributed by atoms with van der Waals surface area (Å²) in [6, 6.07) is -0.840. The molecule has 0 aromatic carbocycles. The predicted octanol–water partition coefficient (Wildman–Crippen LogP) is 18.2. The second-order valence-electron chi connectivity index (χ2n) is 22.1. The van der Waals surface area contributed by atoms with Crippen LogP contribution in [-0.2, 0) is 18.4 Å². The molecule has 0 aliphatic carbocycles. The van der Waals surface area contributed by atoms with Crippen molar-refractivity contribution in [2.45, 2.75) is 321 Å². The first-order chi connectivity index (χ1) is 33.0. The number of hydrogen-bond donors (Lipinski definition) is 3. The van der Waals surface area contributed by atoms with Crippen molar-refractivity contribution in [3.8, 4) is 0 Å². The maximum Gasteiger partial charge on any atom is 0.472 e. The molecule has 3 atom stereocenters. The summed E-state index contributed by atoms with van der Waals surface area (Å²) in [6.07, 6.45) is 63.6. The number of hydrogen-bond acceptors (Lipinski definition) is 5. The molecule has 1 unspecified atom stereocenters. The molecule has 0 saturated heterocycles. The van der Waals surface area contributed by atoms with Gasteiger partial charge in [-0.05, 0) is 19.3 Å². The highest BCUT2D eigenvalue weighted by Gasteiger charge is 2.27. The maximum absolute atomic E-state index is 12.9. The van der Waals surface area contributed by atoms with Crippen molar-refractivity contribution in [1.82, 2.24) is 5.32 Å². The van der Waals surface area contributed by atoms with Gasteiger partial charge in [-0.2, -0.15) is 0 Å². The van der Waals surface area contributed by atoms with Crippen molar-refractivity contribution < 1.29 is 32.9 Å². The molecule has 0 aromatic rings. The molecule has 1 amide bonds. The number of amides is 1. The Kier molecular flexibility index (Phi) is 50.6. The first-order valence-corrected chi connectivity index (χ1v) is 31.6. The Morgan fingerprint density at radius 3 is 1.09 bits per heavy atom. The minimum absolute atomic E-state index is 0.0646. The molecule has 68 heavy (non-hydrogen) atoms. The van der Waals surface area contributed by atoms with E-state index >= 15 is 0 Å². The third-order valence-corrected chi connectivity index (χ3v) is 15.0. The van der Waals surface area contributed by atoms with Gasteiger partial charge in [-0.25, -0.2) is 4.57 Å². The Labute approximate surface area is 424 Å². The van der Waals surface area contributed by atoms with Crippen molar-refractivity contribution >= 4 is 13.7 Å². The van der Waals surface area contributed by atoms with Crippen molar-refractivity contribution in [2.24, 2.45) is 0 Å². The average Bonchev–Trinajstić information content (AvgIpc) is 3.30. The van der Waals surface area contributed by atoms with Gasteiger partial charge in [0, 0.05) is 6.42 Å². The van der Waals surface area contributed by atoms with Crippen LogP contribution in [0.15, 0.2) is 12.2 Å². The number of aliphatic hydroxyl groups is 1. The third kappa shape index (κ3) is 53.0. The minimum atomic E-state index is -4.33. The van der Waals surface area contributed by atoms with E-state index in [1.165, 1.54) is 250 Å². The van der Waals surface area contributed by atoms with Crippen molar-refractivity contribution in [3.05, 3.63) is 12.2 Å². The summed E-state index contributed by atoms with van der Waals surface area (Å²) in [5, 5.41) is 13.8. The Morgan fingerprint density at radius 2 is 0.779 bits per heavy atom. The zero-order chi connectivity index (χ0) is 49.9. The van der Waals surface area contributed by atoms with Gasteiger partial charge in [0.15, 0.2) is 0 Å². The van der Waals surface area contributed by atoms with Crippen molar-refractivity contribution in [2.75, 3.05) is 40.9 Å². The lowest BCUT2D eigenvalue weighted by molar-refractivity contribution is -0.870. The molecule has 0 aliphatic rings. The first kappa shape index (κ1) is 67.2. The monoisotopic (exact) mass is 984 g/mol. The summed E-state index contributed by atoms with van der Waals surface area (Å²) in [5.41, 5.74) is 0. The zero-order valence-corrected chi connectivity index (χ0v) is 47.3. The van der Waals surface area contributed by atoms with E-state index in [1.54, 1.807) is 6.08 Å². The molecular formula is C59H120N2O6P+. The number of phosphoric acid groups is 1. The van der Waals surface area contributed by atoms with Crippen LogP contribution < -0.4 is 5.32 Å². The molecule has 0 spiro atoms. The SMILES string of the molecule is CCCCCCCCCC/C=C/[C@@H](O)[C@H](COP(=O)(O)OCC[N+](C)(C)C)NC(=O)CCCCCCCCCCCCCCCCCCCCCCCCCCCCCCCCCCCCCC. The standard InChI is InChI=1S/C59H119N2O6P/c1-6-8-10-12-14-16-18-19-20-21-22-23-24-25-26-27-28-29-30-31-32-33-34-35-36-37-38-39-40-41-42-43-45-47-49-51-53-59(63)60-57(56-67-68(64,65)66-55-54-61(3,4)5)58(62)52-50-48-46-44-17-15-13-11-9-7-2/h50,52,57-58,62H,6-49,51,53-56H2,1-5H3,(H-,60,63,64,65)/p+1/b52-50+/t57-,58+/m0/s1. The Hall–Kier alpha value is -0.760. The number of carbonyl (C=O) groups excluding carboxylic acids is 1. The van der Waals surface area contributed by atoms with Gasteiger partial charge in [-0.1, -0.05) is 296 Å². The highest BCUT2D eigenvalue weighted by Crippen LogP contribution is 2.43. The lowest BCUT2D eigenvalue weighted by Crippen LogP contribution is -2.45. The van der Waals surface area contributed by atoms with Crippen LogP contribution in [0.3, 0.4) is 0 Å². The molecule has 9 heteroatoms. The molecule has 0 heterocycles. The van der Waals surface area contributed by atoms with E-state index in [-0.39, 0.29) is 19.1 Å². The van der Waals surface area contributed by atoms with Crippen LogP contribution in [0.4, 0.5) is 0 Å². The molecule has 8 nitrogen and oxygen atoms in total. The van der Waals surface area contributed by atoms with Crippen LogP contribution in [0.25, 0.3) is 0 Å². The largest absolute Gasteiger partial charge is 0.472 e. The van der Waals surface area contributed by atoms with Gasteiger partial charge in [-0.15, -0.1) is 0 Å². The van der Waals surface area contributed by atoms with Gasteiger partial charge in [-0.3, -0.25) is 13.8 Å². The summed E-state index contributed by atoms with van der Waals surface area (Å²) >= 11 is 0. The first-order valence-electron chi connectivity index (χ1n) is 30.1. The van der Waals surface area contributed by atoms with Crippen LogP contribution in [-0.4, -0.2) is 73.4 Å². The van der Waals surface area contributed by atoms with Gasteiger partial charge in [0.05, 0.1) is 39.9 Å². The fourth-order valence-electron chi connectivity index (χ4n) is 9.28. The van der Waals surface area contributed by atoms with E-state index in [9.17, 15) is 19.4 Å². The number of phosphoric ester groups is 1. The molecule has 0 aliphatic heterocycles. The highest BCUT2D eigenvalue weighted by molar-refractivity contribution is 7.47. The van der Waals surface area contributed by atoms with Crippen LogP contribution in [0.1, 0.15) is 309 Å². The van der Waals surface area contributed by atoms with Crippen LogP contribution >= 0.6 is 7.82 Å². The number of nitrogens with zero attached hydrogens (tertiary/aromatic N) is 1. The average molecular weight is 985 g/mol. The summed E-state index contributed by atoms with van der Waals surface area (Å²) < 4.78 is 23.6. The fraction of sp³-hybridized carbons (Fsp3) is 0.949. The number of unbranched alkanes of at least 4 members (excludes halogenated alkanes) is 43. The lowest BCUT2D eigenvalue weighted by Gasteiger charge is -2.25. The Morgan fingerprint density at radius 1 is 0.485 bits per heavy atom. The van der Waals surface area contributed by atoms with Crippen molar-refractivity contribution in [1.29, 1.82) is 0 Å². The van der Waals surface area contributed by atoms with Gasteiger partial charge in [0.25, 0.3) is 0 Å². The number of allylic oxidation sites excluding steroid dienone is 1. The Bertz CT molecular complexity index is 1120. The molecule has 0 radical (unpaired) electrons. The topological polar surface area (TPSA) is 105 Å². The van der Waals surface area contributed by atoms with Gasteiger partial charge >= 0.3 is 7.82 Å². The molecule has 0 saturated carbocycles. The summed E-state index contributed by atoms with van der Waals surface area (Å²) in [5.74, 6) is -0.172. The van der Waals surface area contributed by atoms with Crippen LogP contribution in [0.5, 0.6) is 0 Å². The second kappa shape index (κ2) is 51.2. The Balaban J connectivity index is 3.82. The minimum Gasteiger partial charge on any atom is -0.387 e. The summed E-state index contributed by atoms with van der Waals surface area (Å²) in [4.78, 5) is 23.2. The summed E-state index contributed by atoms with van der Waals surface area (Å²) in [6.45, 7) is 4.83.